The second-order valence-electron chi connectivity index (χ2n) is 9.46. The Bertz CT molecular complexity index is 590. The van der Waals surface area contributed by atoms with Crippen LogP contribution in [-0.2, 0) is 4.74 Å². The van der Waals surface area contributed by atoms with Crippen LogP contribution >= 0.6 is 0 Å². The van der Waals surface area contributed by atoms with Gasteiger partial charge in [-0.3, -0.25) is 0 Å². The molecule has 0 aliphatic rings. The molecule has 0 aromatic heterocycles. The van der Waals surface area contributed by atoms with Crippen LogP contribution in [0.25, 0.3) is 0 Å². The molecule has 0 rings (SSSR count). The first-order chi connectivity index (χ1) is 14.8. The van der Waals surface area contributed by atoms with Gasteiger partial charge in [0.1, 0.15) is 0 Å². The Hall–Kier alpha value is -1.75. The highest BCUT2D eigenvalue weighted by molar-refractivity contribution is 5.16. The van der Waals surface area contributed by atoms with E-state index in [1.165, 1.54) is 30.6 Å². The minimum absolute atomic E-state index is 0.00454. The lowest BCUT2D eigenvalue weighted by atomic mass is 9.89. The zero-order valence-electron chi connectivity index (χ0n) is 21.3. The maximum Gasteiger partial charge on any atom is 0.0960 e. The van der Waals surface area contributed by atoms with Gasteiger partial charge in [0, 0.05) is 6.42 Å². The third kappa shape index (κ3) is 15.7. The number of nitrogens with zero attached hydrogens (tertiary/aromatic N) is 1. The third-order valence-corrected chi connectivity index (χ3v) is 5.59. The van der Waals surface area contributed by atoms with Gasteiger partial charge in [-0.15, -0.1) is 6.58 Å². The first-order valence-electron chi connectivity index (χ1n) is 12.5. The molecule has 3 atom stereocenters. The van der Waals surface area contributed by atoms with Gasteiger partial charge in [0.2, 0.25) is 0 Å². The average Bonchev–Trinajstić information content (AvgIpc) is 2.73. The van der Waals surface area contributed by atoms with E-state index < -0.39 is 0 Å². The van der Waals surface area contributed by atoms with Gasteiger partial charge >= 0.3 is 0 Å². The normalized spacial score (nSPS) is 15.7. The molecule has 0 heterocycles. The molecule has 0 spiro atoms. The average molecular weight is 428 g/mol. The van der Waals surface area contributed by atoms with E-state index in [9.17, 15) is 0 Å². The minimum Gasteiger partial charge on any atom is -0.498 e. The predicted molar refractivity (Wildman–Crippen MR) is 137 cm³/mol. The van der Waals surface area contributed by atoms with Crippen LogP contribution in [0.15, 0.2) is 48.3 Å². The summed E-state index contributed by atoms with van der Waals surface area (Å²) in [5.74, 6) is 3.11. The fourth-order valence-electron chi connectivity index (χ4n) is 3.64. The molecule has 2 nitrogen and oxygen atoms in total. The van der Waals surface area contributed by atoms with Gasteiger partial charge in [-0.1, -0.05) is 84.3 Å². The second kappa shape index (κ2) is 19.0. The van der Waals surface area contributed by atoms with Gasteiger partial charge in [0.05, 0.1) is 24.4 Å². The Morgan fingerprint density at radius 3 is 2.35 bits per heavy atom. The Balaban J connectivity index is 4.99. The molecule has 31 heavy (non-hydrogen) atoms. The molecule has 2 heteroatoms. The van der Waals surface area contributed by atoms with E-state index in [1.54, 1.807) is 0 Å². The van der Waals surface area contributed by atoms with E-state index in [2.05, 4.69) is 65.5 Å². The van der Waals surface area contributed by atoms with Crippen LogP contribution in [0.5, 0.6) is 0 Å². The van der Waals surface area contributed by atoms with Crippen LogP contribution in [0.1, 0.15) is 99.3 Å². The largest absolute Gasteiger partial charge is 0.498 e. The van der Waals surface area contributed by atoms with Crippen molar-refractivity contribution in [2.24, 2.45) is 23.7 Å². The SMILES string of the molecule is C=CC/C(=C(/CC(C)CCCC(C)C)OCCC)[C@H](C)C/C=C\CC/C=C\C(C)C#N. The third-order valence-electron chi connectivity index (χ3n) is 5.59. The molecule has 2 unspecified atom stereocenters. The highest BCUT2D eigenvalue weighted by atomic mass is 16.5. The monoisotopic (exact) mass is 427 g/mol. The molecule has 0 saturated carbocycles. The number of rotatable bonds is 18. The molecule has 0 aromatic carbocycles. The minimum atomic E-state index is 0.00454. The molecule has 0 bridgehead atoms. The van der Waals surface area contributed by atoms with Crippen molar-refractivity contribution in [3.05, 3.63) is 48.3 Å². The number of hydrogen-bond donors (Lipinski definition) is 0. The Kier molecular flexibility index (Phi) is 17.9. The Morgan fingerprint density at radius 1 is 1.03 bits per heavy atom. The summed E-state index contributed by atoms with van der Waals surface area (Å²) in [4.78, 5) is 0. The van der Waals surface area contributed by atoms with E-state index in [0.717, 1.165) is 51.0 Å². The van der Waals surface area contributed by atoms with Gasteiger partial charge in [0.15, 0.2) is 0 Å². The first-order valence-corrected chi connectivity index (χ1v) is 12.5. The van der Waals surface area contributed by atoms with E-state index in [0.29, 0.717) is 11.8 Å². The molecular weight excluding hydrogens is 378 g/mol. The topological polar surface area (TPSA) is 33.0 Å². The summed E-state index contributed by atoms with van der Waals surface area (Å²) >= 11 is 0. The van der Waals surface area contributed by atoms with E-state index in [1.807, 2.05) is 19.1 Å². The Morgan fingerprint density at radius 2 is 1.74 bits per heavy atom. The molecular formula is C29H49NO. The molecule has 0 aliphatic carbocycles. The van der Waals surface area contributed by atoms with Crippen LogP contribution < -0.4 is 0 Å². The summed E-state index contributed by atoms with van der Waals surface area (Å²) in [6.45, 7) is 18.2. The summed E-state index contributed by atoms with van der Waals surface area (Å²) in [6.07, 6.45) is 20.6. The van der Waals surface area contributed by atoms with Crippen LogP contribution in [0.3, 0.4) is 0 Å². The van der Waals surface area contributed by atoms with Gasteiger partial charge in [-0.25, -0.2) is 0 Å². The van der Waals surface area contributed by atoms with Crippen molar-refractivity contribution in [2.45, 2.75) is 99.3 Å². The molecule has 0 fully saturated rings. The van der Waals surface area contributed by atoms with Crippen LogP contribution in [0.4, 0.5) is 0 Å². The number of ether oxygens (including phenoxy) is 1. The molecule has 0 amide bonds. The highest BCUT2D eigenvalue weighted by Gasteiger charge is 2.17. The standard InChI is InChI=1S/C29H49NO/c1-8-16-28(27(7)20-14-12-10-11-13-18-26(6)23-30)29(31-21-9-2)22-25(5)19-15-17-24(3)4/h8,12-14,18,24-27H,1,9-11,15-17,19-22H2,2-7H3/b14-12-,18-13-,29-28+/t25?,26?,27-/m1/s1. The van der Waals surface area contributed by atoms with Crippen molar-refractivity contribution >= 4 is 0 Å². The van der Waals surface area contributed by atoms with Crippen LogP contribution in [0, 0.1) is 35.0 Å². The van der Waals surface area contributed by atoms with Gasteiger partial charge < -0.3 is 4.74 Å². The maximum absolute atomic E-state index is 8.81. The summed E-state index contributed by atoms with van der Waals surface area (Å²) in [6, 6.07) is 2.23. The summed E-state index contributed by atoms with van der Waals surface area (Å²) in [5, 5.41) is 8.81. The molecule has 0 aliphatic heterocycles. The van der Waals surface area contributed by atoms with Crippen molar-refractivity contribution in [2.75, 3.05) is 6.61 Å². The van der Waals surface area contributed by atoms with Crippen LogP contribution in [-0.4, -0.2) is 6.61 Å². The molecule has 176 valence electrons. The van der Waals surface area contributed by atoms with Crippen molar-refractivity contribution in [1.82, 2.24) is 0 Å². The van der Waals surface area contributed by atoms with Crippen molar-refractivity contribution in [1.29, 1.82) is 5.26 Å². The summed E-state index contributed by atoms with van der Waals surface area (Å²) in [5.41, 5.74) is 1.42. The lowest BCUT2D eigenvalue weighted by Gasteiger charge is -2.23. The highest BCUT2D eigenvalue weighted by Crippen LogP contribution is 2.29. The fourth-order valence-corrected chi connectivity index (χ4v) is 3.64. The maximum atomic E-state index is 8.81. The first kappa shape index (κ1) is 29.2. The predicted octanol–water partition coefficient (Wildman–Crippen LogP) is 9.17. The van der Waals surface area contributed by atoms with E-state index in [4.69, 9.17) is 10.00 Å². The van der Waals surface area contributed by atoms with Crippen molar-refractivity contribution in [3.63, 3.8) is 0 Å². The van der Waals surface area contributed by atoms with Crippen molar-refractivity contribution < 1.29 is 4.74 Å². The smallest absolute Gasteiger partial charge is 0.0960 e. The van der Waals surface area contributed by atoms with Gasteiger partial charge in [-0.2, -0.15) is 5.26 Å². The molecule has 0 N–H and O–H groups in total. The lowest BCUT2D eigenvalue weighted by Crippen LogP contribution is -2.09. The zero-order valence-corrected chi connectivity index (χ0v) is 21.3. The number of nitriles is 1. The molecule has 0 radical (unpaired) electrons. The van der Waals surface area contributed by atoms with Crippen molar-refractivity contribution in [3.8, 4) is 6.07 Å². The number of unbranched alkanes of at least 4 members (excludes halogenated alkanes) is 1. The summed E-state index contributed by atoms with van der Waals surface area (Å²) in [7, 11) is 0. The number of hydrogen-bond acceptors (Lipinski definition) is 2. The quantitative estimate of drug-likeness (QED) is 0.124. The molecule has 0 aromatic rings. The fraction of sp³-hybridized carbons (Fsp3) is 0.690. The molecule has 0 saturated heterocycles. The van der Waals surface area contributed by atoms with Crippen LogP contribution in [0.2, 0.25) is 0 Å². The lowest BCUT2D eigenvalue weighted by molar-refractivity contribution is 0.184. The van der Waals surface area contributed by atoms with E-state index in [-0.39, 0.29) is 5.92 Å². The van der Waals surface area contributed by atoms with E-state index >= 15 is 0 Å². The Labute approximate surface area is 194 Å². The summed E-state index contributed by atoms with van der Waals surface area (Å²) < 4.78 is 6.29. The van der Waals surface area contributed by atoms with Gasteiger partial charge in [-0.05, 0) is 62.4 Å². The van der Waals surface area contributed by atoms with Gasteiger partial charge in [0.25, 0.3) is 0 Å². The number of allylic oxidation sites excluding steroid dienone is 7. The zero-order chi connectivity index (χ0) is 23.5. The second-order valence-corrected chi connectivity index (χ2v) is 9.46.